The molecular formula is C26H27FN6O4. The molecule has 0 spiro atoms. The van der Waals surface area contributed by atoms with Crippen LogP contribution in [0, 0.1) is 24.1 Å². The van der Waals surface area contributed by atoms with Crippen LogP contribution in [0.2, 0.25) is 0 Å². The van der Waals surface area contributed by atoms with Crippen LogP contribution in [0.5, 0.6) is 0 Å². The normalized spacial score (nSPS) is 20.7. The Morgan fingerprint density at radius 2 is 1.92 bits per heavy atom. The number of nitrogens with zero attached hydrogens (tertiary/aromatic N) is 5. The van der Waals surface area contributed by atoms with Crippen LogP contribution in [0.1, 0.15) is 32.1 Å². The maximum absolute atomic E-state index is 13.3. The highest BCUT2D eigenvalue weighted by Crippen LogP contribution is 2.32. The number of terminal acetylenes is 1. The number of hydrogen-bond donors (Lipinski definition) is 2. The van der Waals surface area contributed by atoms with Crippen molar-refractivity contribution in [1.82, 2.24) is 29.5 Å². The van der Waals surface area contributed by atoms with Crippen molar-refractivity contribution in [2.24, 2.45) is 5.92 Å². The van der Waals surface area contributed by atoms with E-state index in [-0.39, 0.29) is 35.8 Å². The first kappa shape index (κ1) is 24.6. The molecule has 5 rings (SSSR count). The molecule has 192 valence electrons. The van der Waals surface area contributed by atoms with Gasteiger partial charge in [-0.3, -0.25) is 19.0 Å². The Morgan fingerprint density at radius 3 is 2.59 bits per heavy atom. The van der Waals surface area contributed by atoms with Gasteiger partial charge in [-0.25, -0.2) is 14.1 Å². The van der Waals surface area contributed by atoms with E-state index in [9.17, 15) is 23.9 Å². The Labute approximate surface area is 212 Å². The number of benzene rings is 1. The highest BCUT2D eigenvalue weighted by molar-refractivity contribution is 5.93. The smallest absolute Gasteiger partial charge is 0.295 e. The van der Waals surface area contributed by atoms with Crippen molar-refractivity contribution in [1.29, 1.82) is 0 Å². The molecule has 0 radical (unpaired) electrons. The molecule has 2 amide bonds. The summed E-state index contributed by atoms with van der Waals surface area (Å²) in [5.41, 5.74) is -0.560. The molecular weight excluding hydrogens is 479 g/mol. The average molecular weight is 507 g/mol. The molecule has 1 aliphatic carbocycles. The number of aliphatic hydroxyl groups is 1. The number of hydrogen-bond acceptors (Lipinski definition) is 6. The summed E-state index contributed by atoms with van der Waals surface area (Å²) in [5, 5.41) is 18.4. The molecule has 1 aliphatic heterocycles. The molecule has 10 nitrogen and oxygen atoms in total. The molecule has 0 bridgehead atoms. The van der Waals surface area contributed by atoms with Gasteiger partial charge in [0.15, 0.2) is 5.65 Å². The van der Waals surface area contributed by atoms with E-state index in [2.05, 4.69) is 15.4 Å². The molecule has 0 unspecified atom stereocenters. The minimum atomic E-state index is -1.15. The first-order chi connectivity index (χ1) is 17.7. The molecule has 1 saturated heterocycles. The molecule has 2 N–H and O–H groups in total. The SMILES string of the molecule is C#CC(=O)N[C@H]1C[C@@H](CC(=O)N2CCC(O)(Cn3cnc4c(cnn4-c4ccc(F)cc4)c3=O)CC2)C1. The van der Waals surface area contributed by atoms with Crippen LogP contribution in [-0.2, 0) is 16.1 Å². The van der Waals surface area contributed by atoms with E-state index < -0.39 is 11.5 Å². The number of amides is 2. The fraction of sp³-hybridized carbons (Fsp3) is 0.423. The monoisotopic (exact) mass is 506 g/mol. The second kappa shape index (κ2) is 9.78. The largest absolute Gasteiger partial charge is 0.388 e. The number of piperidine rings is 1. The average Bonchev–Trinajstić information content (AvgIpc) is 3.30. The Morgan fingerprint density at radius 1 is 1.22 bits per heavy atom. The molecule has 3 heterocycles. The van der Waals surface area contributed by atoms with Crippen molar-refractivity contribution in [3.63, 3.8) is 0 Å². The fourth-order valence-electron chi connectivity index (χ4n) is 5.10. The highest BCUT2D eigenvalue weighted by Gasteiger charge is 2.37. The van der Waals surface area contributed by atoms with Crippen molar-refractivity contribution < 1.29 is 19.1 Å². The lowest BCUT2D eigenvalue weighted by molar-refractivity contribution is -0.137. The van der Waals surface area contributed by atoms with E-state index in [0.29, 0.717) is 49.1 Å². The second-order valence-electron chi connectivity index (χ2n) is 9.91. The van der Waals surface area contributed by atoms with E-state index >= 15 is 0 Å². The molecule has 0 atom stereocenters. The fourth-order valence-corrected chi connectivity index (χ4v) is 5.10. The van der Waals surface area contributed by atoms with E-state index in [1.807, 2.05) is 5.92 Å². The Kier molecular flexibility index (Phi) is 6.52. The third-order valence-electron chi connectivity index (χ3n) is 7.30. The van der Waals surface area contributed by atoms with Crippen molar-refractivity contribution >= 4 is 22.8 Å². The zero-order valence-corrected chi connectivity index (χ0v) is 20.1. The van der Waals surface area contributed by atoms with Crippen LogP contribution in [0.25, 0.3) is 16.7 Å². The predicted molar refractivity (Wildman–Crippen MR) is 132 cm³/mol. The number of likely N-dealkylation sites (tertiary alicyclic amines) is 1. The summed E-state index contributed by atoms with van der Waals surface area (Å²) >= 11 is 0. The maximum Gasteiger partial charge on any atom is 0.295 e. The van der Waals surface area contributed by atoms with Gasteiger partial charge in [-0.2, -0.15) is 5.10 Å². The topological polar surface area (TPSA) is 122 Å². The number of halogens is 1. The van der Waals surface area contributed by atoms with Crippen molar-refractivity contribution in [3.05, 3.63) is 53.0 Å². The molecule has 1 aromatic carbocycles. The van der Waals surface area contributed by atoms with Gasteiger partial charge in [0.05, 0.1) is 24.0 Å². The van der Waals surface area contributed by atoms with Gasteiger partial charge in [0.2, 0.25) is 5.91 Å². The number of nitrogens with one attached hydrogen (secondary N) is 1. The van der Waals surface area contributed by atoms with Gasteiger partial charge in [-0.15, -0.1) is 6.42 Å². The Hall–Kier alpha value is -4.04. The van der Waals surface area contributed by atoms with E-state index in [1.54, 1.807) is 17.0 Å². The summed E-state index contributed by atoms with van der Waals surface area (Å²) in [4.78, 5) is 43.2. The Balaban J connectivity index is 1.18. The van der Waals surface area contributed by atoms with E-state index in [0.717, 1.165) is 12.8 Å². The first-order valence-electron chi connectivity index (χ1n) is 12.2. The Bertz CT molecular complexity index is 1430. The molecule has 37 heavy (non-hydrogen) atoms. The van der Waals surface area contributed by atoms with Crippen molar-refractivity contribution in [3.8, 4) is 18.0 Å². The summed E-state index contributed by atoms with van der Waals surface area (Å²) in [6.07, 6.45) is 10.4. The summed E-state index contributed by atoms with van der Waals surface area (Å²) in [5.74, 6) is 1.46. The predicted octanol–water partition coefficient (Wildman–Crippen LogP) is 0.993. The second-order valence-corrected chi connectivity index (χ2v) is 9.91. The standard InChI is InChI=1S/C26H27FN6O4/c1-2-22(34)30-19-11-17(12-19)13-23(35)31-9-7-26(37,8-10-31)15-32-16-28-24-21(25(32)36)14-29-33(24)20-5-3-18(27)4-6-20/h1,3-6,14,16-17,19,37H,7-13,15H2,(H,30,34)/t17-,19+. The molecule has 2 fully saturated rings. The zero-order chi connectivity index (χ0) is 26.2. The minimum Gasteiger partial charge on any atom is -0.388 e. The van der Waals surface area contributed by atoms with Gasteiger partial charge < -0.3 is 15.3 Å². The molecule has 3 aromatic rings. The van der Waals surface area contributed by atoms with Crippen molar-refractivity contribution in [2.75, 3.05) is 13.1 Å². The molecule has 2 aliphatic rings. The number of aromatic nitrogens is 4. The summed E-state index contributed by atoms with van der Waals surface area (Å²) in [7, 11) is 0. The van der Waals surface area contributed by atoms with Crippen LogP contribution >= 0.6 is 0 Å². The number of carbonyl (C=O) groups excluding carboxylic acids is 2. The number of rotatable bonds is 6. The van der Waals surface area contributed by atoms with Gasteiger partial charge in [-0.05, 0) is 61.8 Å². The lowest BCUT2D eigenvalue weighted by Crippen LogP contribution is -2.51. The summed E-state index contributed by atoms with van der Waals surface area (Å²) in [6, 6.07) is 5.74. The van der Waals surface area contributed by atoms with Gasteiger partial charge in [-0.1, -0.05) is 0 Å². The van der Waals surface area contributed by atoms with E-state index in [4.69, 9.17) is 6.42 Å². The van der Waals surface area contributed by atoms with Gasteiger partial charge >= 0.3 is 0 Å². The van der Waals surface area contributed by atoms with Crippen LogP contribution in [0.15, 0.2) is 41.6 Å². The van der Waals surface area contributed by atoms with E-state index in [1.165, 1.54) is 33.9 Å². The number of carbonyl (C=O) groups is 2. The zero-order valence-electron chi connectivity index (χ0n) is 20.1. The van der Waals surface area contributed by atoms with Crippen LogP contribution in [0.4, 0.5) is 4.39 Å². The molecule has 11 heteroatoms. The third-order valence-corrected chi connectivity index (χ3v) is 7.30. The quantitative estimate of drug-likeness (QED) is 0.481. The molecule has 1 saturated carbocycles. The van der Waals surface area contributed by atoms with Gasteiger partial charge in [0.1, 0.15) is 17.5 Å². The lowest BCUT2D eigenvalue weighted by atomic mass is 9.77. The van der Waals surface area contributed by atoms with Gasteiger partial charge in [0, 0.05) is 25.6 Å². The van der Waals surface area contributed by atoms with Gasteiger partial charge in [0.25, 0.3) is 11.5 Å². The maximum atomic E-state index is 13.3. The number of fused-ring (bicyclic) bond motifs is 1. The third kappa shape index (κ3) is 5.11. The molecule has 2 aromatic heterocycles. The highest BCUT2D eigenvalue weighted by atomic mass is 19.1. The van der Waals surface area contributed by atoms with Crippen LogP contribution < -0.4 is 10.9 Å². The summed E-state index contributed by atoms with van der Waals surface area (Å²) in [6.45, 7) is 0.843. The minimum absolute atomic E-state index is 0.0276. The van der Waals surface area contributed by atoms with Crippen molar-refractivity contribution in [2.45, 2.75) is 50.3 Å². The first-order valence-corrected chi connectivity index (χ1v) is 12.2. The summed E-state index contributed by atoms with van der Waals surface area (Å²) < 4.78 is 16.1. The lowest BCUT2D eigenvalue weighted by Gasteiger charge is -2.40. The van der Waals surface area contributed by atoms with Crippen LogP contribution in [0.3, 0.4) is 0 Å². The van der Waals surface area contributed by atoms with Crippen LogP contribution in [-0.4, -0.2) is 65.9 Å².